The van der Waals surface area contributed by atoms with E-state index in [1.54, 1.807) is 13.8 Å². The molecule has 0 unspecified atom stereocenters. The molecule has 10 nitrogen and oxygen atoms in total. The van der Waals surface area contributed by atoms with Gasteiger partial charge in [0.15, 0.2) is 5.76 Å². The fraction of sp³-hybridized carbons (Fsp3) is 0.500. The molecule has 2 aromatic heterocycles. The van der Waals surface area contributed by atoms with E-state index in [0.29, 0.717) is 24.1 Å². The maximum atomic E-state index is 12.8. The Morgan fingerprint density at radius 1 is 1.28 bits per heavy atom. The molecule has 1 aliphatic heterocycles. The smallest absolute Gasteiger partial charge is 0.374 e. The van der Waals surface area contributed by atoms with Crippen molar-refractivity contribution in [3.63, 3.8) is 0 Å². The van der Waals surface area contributed by atoms with E-state index in [1.165, 1.54) is 23.7 Å². The van der Waals surface area contributed by atoms with E-state index in [4.69, 9.17) is 13.7 Å². The van der Waals surface area contributed by atoms with Crippen LogP contribution in [0.15, 0.2) is 26.2 Å². The molecule has 3 rings (SSSR count). The SMILES string of the molecule is COC(=O)c1occc1COC(=O)C1CCN(S(=O)(=O)c2c(C)noc2C)CC1. The first kappa shape index (κ1) is 21.1. The number of sulfonamides is 1. The molecule has 0 saturated carbocycles. The fourth-order valence-electron chi connectivity index (χ4n) is 3.29. The molecule has 1 aliphatic rings. The number of hydrogen-bond acceptors (Lipinski definition) is 9. The molecule has 0 N–H and O–H groups in total. The van der Waals surface area contributed by atoms with Crippen molar-refractivity contribution in [1.82, 2.24) is 9.46 Å². The lowest BCUT2D eigenvalue weighted by atomic mass is 9.98. The maximum Gasteiger partial charge on any atom is 0.374 e. The fourth-order valence-corrected chi connectivity index (χ4v) is 5.05. The summed E-state index contributed by atoms with van der Waals surface area (Å²) in [5.41, 5.74) is 0.717. The Kier molecular flexibility index (Phi) is 6.08. The normalized spacial score (nSPS) is 16.0. The molecule has 3 heterocycles. The first-order valence-electron chi connectivity index (χ1n) is 9.00. The summed E-state index contributed by atoms with van der Waals surface area (Å²) in [4.78, 5) is 24.0. The molecule has 0 aliphatic carbocycles. The number of nitrogens with zero attached hydrogens (tertiary/aromatic N) is 2. The molecule has 1 fully saturated rings. The summed E-state index contributed by atoms with van der Waals surface area (Å²) in [5, 5.41) is 3.70. The number of methoxy groups -OCH3 is 1. The molecule has 0 atom stereocenters. The van der Waals surface area contributed by atoms with Gasteiger partial charge in [-0.3, -0.25) is 4.79 Å². The van der Waals surface area contributed by atoms with Crippen molar-refractivity contribution in [2.24, 2.45) is 5.92 Å². The van der Waals surface area contributed by atoms with Gasteiger partial charge in [0, 0.05) is 18.7 Å². The van der Waals surface area contributed by atoms with Crippen LogP contribution in [0.4, 0.5) is 0 Å². The summed E-state index contributed by atoms with van der Waals surface area (Å²) in [5.74, 6) is -1.30. The number of carbonyl (C=O) groups is 2. The zero-order valence-corrected chi connectivity index (χ0v) is 17.2. The van der Waals surface area contributed by atoms with Gasteiger partial charge in [0.2, 0.25) is 15.8 Å². The lowest BCUT2D eigenvalue weighted by molar-refractivity contribution is -0.151. The van der Waals surface area contributed by atoms with Crippen LogP contribution in [-0.4, -0.2) is 50.0 Å². The number of ether oxygens (including phenoxy) is 2. The van der Waals surface area contributed by atoms with Crippen molar-refractivity contribution in [1.29, 1.82) is 0 Å². The van der Waals surface area contributed by atoms with Crippen LogP contribution < -0.4 is 0 Å². The van der Waals surface area contributed by atoms with Crippen molar-refractivity contribution >= 4 is 22.0 Å². The van der Waals surface area contributed by atoms with E-state index in [-0.39, 0.29) is 36.1 Å². The topological polar surface area (TPSA) is 129 Å². The summed E-state index contributed by atoms with van der Waals surface area (Å²) in [6, 6.07) is 1.53. The van der Waals surface area contributed by atoms with Crippen LogP contribution in [-0.2, 0) is 30.9 Å². The molecule has 0 amide bonds. The monoisotopic (exact) mass is 426 g/mol. The van der Waals surface area contributed by atoms with Crippen LogP contribution in [0.25, 0.3) is 0 Å². The number of aryl methyl sites for hydroxylation is 2. The molecule has 0 bridgehead atoms. The van der Waals surface area contributed by atoms with Crippen LogP contribution in [0.3, 0.4) is 0 Å². The van der Waals surface area contributed by atoms with E-state index < -0.39 is 27.9 Å². The molecule has 1 saturated heterocycles. The third-order valence-corrected chi connectivity index (χ3v) is 6.98. The Morgan fingerprint density at radius 2 is 1.97 bits per heavy atom. The summed E-state index contributed by atoms with van der Waals surface area (Å²) >= 11 is 0. The number of piperidine rings is 1. The number of aromatic nitrogens is 1. The highest BCUT2D eigenvalue weighted by atomic mass is 32.2. The molecular formula is C18H22N2O8S. The molecule has 11 heteroatoms. The van der Waals surface area contributed by atoms with Gasteiger partial charge in [-0.1, -0.05) is 5.16 Å². The molecular weight excluding hydrogens is 404 g/mol. The zero-order valence-electron chi connectivity index (χ0n) is 16.3. The van der Waals surface area contributed by atoms with Crippen LogP contribution >= 0.6 is 0 Å². The molecule has 0 aromatic carbocycles. The summed E-state index contributed by atoms with van der Waals surface area (Å²) in [7, 11) is -2.51. The third-order valence-electron chi connectivity index (χ3n) is 4.84. The molecule has 0 spiro atoms. The zero-order chi connectivity index (χ0) is 21.2. The van der Waals surface area contributed by atoms with Gasteiger partial charge in [-0.05, 0) is 32.8 Å². The van der Waals surface area contributed by atoms with Crippen LogP contribution in [0.1, 0.15) is 40.4 Å². The standard InChI is InChI=1S/C18H22N2O8S/c1-11-16(12(2)28-19-11)29(23,24)20-7-4-13(5-8-20)17(21)27-10-14-6-9-26-15(14)18(22)25-3/h6,9,13H,4-5,7-8,10H2,1-3H3. The predicted molar refractivity (Wildman–Crippen MR) is 97.3 cm³/mol. The highest BCUT2D eigenvalue weighted by Crippen LogP contribution is 2.28. The highest BCUT2D eigenvalue weighted by Gasteiger charge is 2.36. The van der Waals surface area contributed by atoms with Gasteiger partial charge in [-0.15, -0.1) is 0 Å². The van der Waals surface area contributed by atoms with E-state index in [9.17, 15) is 18.0 Å². The van der Waals surface area contributed by atoms with Gasteiger partial charge in [0.1, 0.15) is 17.2 Å². The van der Waals surface area contributed by atoms with Crippen molar-refractivity contribution in [3.05, 3.63) is 35.1 Å². The second-order valence-electron chi connectivity index (χ2n) is 6.71. The van der Waals surface area contributed by atoms with Gasteiger partial charge in [0.05, 0.1) is 19.3 Å². The van der Waals surface area contributed by atoms with Gasteiger partial charge in [-0.25, -0.2) is 13.2 Å². The van der Waals surface area contributed by atoms with Gasteiger partial charge in [0.25, 0.3) is 0 Å². The summed E-state index contributed by atoms with van der Waals surface area (Å²) in [6.07, 6.45) is 1.97. The summed E-state index contributed by atoms with van der Waals surface area (Å²) < 4.78 is 46.9. The quantitative estimate of drug-likeness (QED) is 0.635. The minimum atomic E-state index is -3.73. The Balaban J connectivity index is 1.58. The Morgan fingerprint density at radius 3 is 2.55 bits per heavy atom. The van der Waals surface area contributed by atoms with E-state index >= 15 is 0 Å². The lowest BCUT2D eigenvalue weighted by Crippen LogP contribution is -2.40. The van der Waals surface area contributed by atoms with Crippen LogP contribution in [0, 0.1) is 19.8 Å². The van der Waals surface area contributed by atoms with Gasteiger partial charge >= 0.3 is 11.9 Å². The Labute approximate surface area is 167 Å². The van der Waals surface area contributed by atoms with Crippen molar-refractivity contribution in [2.75, 3.05) is 20.2 Å². The average Bonchev–Trinajstić information content (AvgIpc) is 3.31. The first-order chi connectivity index (χ1) is 13.8. The second-order valence-corrected chi connectivity index (χ2v) is 8.58. The minimum Gasteiger partial charge on any atom is -0.463 e. The summed E-state index contributed by atoms with van der Waals surface area (Å²) in [6.45, 7) is 3.37. The highest BCUT2D eigenvalue weighted by molar-refractivity contribution is 7.89. The minimum absolute atomic E-state index is 0.0133. The maximum absolute atomic E-state index is 12.8. The average molecular weight is 426 g/mol. The second kappa shape index (κ2) is 8.37. The number of rotatable bonds is 6. The Bertz CT molecular complexity index is 979. The third kappa shape index (κ3) is 4.20. The van der Waals surface area contributed by atoms with Crippen LogP contribution in [0.5, 0.6) is 0 Å². The van der Waals surface area contributed by atoms with Gasteiger partial charge in [-0.2, -0.15) is 4.31 Å². The van der Waals surface area contributed by atoms with Crippen molar-refractivity contribution < 1.29 is 36.4 Å². The number of carbonyl (C=O) groups excluding carboxylic acids is 2. The van der Waals surface area contributed by atoms with Crippen molar-refractivity contribution in [2.45, 2.75) is 38.2 Å². The number of hydrogen-bond donors (Lipinski definition) is 0. The lowest BCUT2D eigenvalue weighted by Gasteiger charge is -2.29. The van der Waals surface area contributed by atoms with Crippen molar-refractivity contribution in [3.8, 4) is 0 Å². The number of furan rings is 1. The van der Waals surface area contributed by atoms with Crippen LogP contribution in [0.2, 0.25) is 0 Å². The Hall–Kier alpha value is -2.66. The van der Waals surface area contributed by atoms with E-state index in [0.717, 1.165) is 0 Å². The van der Waals surface area contributed by atoms with Gasteiger partial charge < -0.3 is 18.4 Å². The number of esters is 2. The molecule has 2 aromatic rings. The van der Waals surface area contributed by atoms with E-state index in [2.05, 4.69) is 9.89 Å². The molecule has 0 radical (unpaired) electrons. The van der Waals surface area contributed by atoms with E-state index in [1.807, 2.05) is 0 Å². The first-order valence-corrected chi connectivity index (χ1v) is 10.4. The largest absolute Gasteiger partial charge is 0.463 e. The predicted octanol–water partition coefficient (Wildman–Crippen LogP) is 1.82. The molecule has 29 heavy (non-hydrogen) atoms. The molecule has 158 valence electrons.